The van der Waals surface area contributed by atoms with E-state index in [-0.39, 0.29) is 12.0 Å². The van der Waals surface area contributed by atoms with E-state index < -0.39 is 5.54 Å². The number of β-amino-alcohol motifs (C(OH)–C–C–N with tert-alkyl or cyclic N) is 1. The standard InChI is InChI=1S/C9H18N2O2/c1-9(2,10-3)8(13)11-5-4-7(12)6-11/h7,10,12H,4-6H2,1-3H3. The van der Waals surface area contributed by atoms with Gasteiger partial charge < -0.3 is 15.3 Å². The van der Waals surface area contributed by atoms with Gasteiger partial charge >= 0.3 is 0 Å². The first-order chi connectivity index (χ1) is 5.97. The highest BCUT2D eigenvalue weighted by molar-refractivity contribution is 5.85. The highest BCUT2D eigenvalue weighted by atomic mass is 16.3. The number of nitrogens with zero attached hydrogens (tertiary/aromatic N) is 1. The minimum atomic E-state index is -0.524. The van der Waals surface area contributed by atoms with E-state index in [0.717, 1.165) is 0 Å². The van der Waals surface area contributed by atoms with E-state index in [1.807, 2.05) is 13.8 Å². The topological polar surface area (TPSA) is 52.6 Å². The van der Waals surface area contributed by atoms with Crippen LogP contribution in [-0.4, -0.2) is 47.7 Å². The lowest BCUT2D eigenvalue weighted by molar-refractivity contribution is -0.136. The van der Waals surface area contributed by atoms with Gasteiger partial charge in [0, 0.05) is 13.1 Å². The monoisotopic (exact) mass is 186 g/mol. The third kappa shape index (κ3) is 2.19. The van der Waals surface area contributed by atoms with Gasteiger partial charge in [0.05, 0.1) is 11.6 Å². The number of hydrogen-bond donors (Lipinski definition) is 2. The Morgan fingerprint density at radius 3 is 2.62 bits per heavy atom. The maximum absolute atomic E-state index is 11.8. The maximum Gasteiger partial charge on any atom is 0.242 e. The third-order valence-corrected chi connectivity index (χ3v) is 2.61. The summed E-state index contributed by atoms with van der Waals surface area (Å²) in [5.74, 6) is 0.0616. The first-order valence-corrected chi connectivity index (χ1v) is 4.63. The molecule has 1 rings (SSSR count). The van der Waals surface area contributed by atoms with Crippen LogP contribution in [0.15, 0.2) is 0 Å². The van der Waals surface area contributed by atoms with Gasteiger partial charge in [-0.05, 0) is 27.3 Å². The molecule has 76 valence electrons. The Hall–Kier alpha value is -0.610. The average molecular weight is 186 g/mol. The molecule has 4 heteroatoms. The molecule has 0 bridgehead atoms. The van der Waals surface area contributed by atoms with Crippen LogP contribution >= 0.6 is 0 Å². The molecule has 4 nitrogen and oxygen atoms in total. The predicted octanol–water partition coefficient (Wildman–Crippen LogP) is -0.422. The molecule has 0 aliphatic carbocycles. The third-order valence-electron chi connectivity index (χ3n) is 2.61. The second kappa shape index (κ2) is 3.64. The molecule has 13 heavy (non-hydrogen) atoms. The number of likely N-dealkylation sites (tertiary alicyclic amines) is 1. The molecular weight excluding hydrogens is 168 g/mol. The van der Waals surface area contributed by atoms with Gasteiger partial charge in [-0.3, -0.25) is 4.79 Å². The number of hydrogen-bond acceptors (Lipinski definition) is 3. The van der Waals surface area contributed by atoms with Crippen molar-refractivity contribution in [3.63, 3.8) is 0 Å². The summed E-state index contributed by atoms with van der Waals surface area (Å²) in [6, 6.07) is 0. The van der Waals surface area contributed by atoms with Crippen molar-refractivity contribution in [2.24, 2.45) is 0 Å². The highest BCUT2D eigenvalue weighted by Crippen LogP contribution is 2.14. The first-order valence-electron chi connectivity index (χ1n) is 4.63. The van der Waals surface area contributed by atoms with Crippen molar-refractivity contribution in [1.29, 1.82) is 0 Å². The van der Waals surface area contributed by atoms with Crippen molar-refractivity contribution in [2.75, 3.05) is 20.1 Å². The van der Waals surface area contributed by atoms with Crippen LogP contribution in [0.1, 0.15) is 20.3 Å². The maximum atomic E-state index is 11.8. The lowest BCUT2D eigenvalue weighted by Crippen LogP contribution is -2.52. The molecule has 0 saturated carbocycles. The molecule has 1 aliphatic rings. The van der Waals surface area contributed by atoms with Gasteiger partial charge in [0.1, 0.15) is 0 Å². The van der Waals surface area contributed by atoms with Crippen LogP contribution in [0.2, 0.25) is 0 Å². The zero-order chi connectivity index (χ0) is 10.1. The van der Waals surface area contributed by atoms with Gasteiger partial charge in [-0.25, -0.2) is 0 Å². The molecule has 1 aliphatic heterocycles. The van der Waals surface area contributed by atoms with Crippen molar-refractivity contribution >= 4 is 5.91 Å². The Bertz CT molecular complexity index is 204. The Labute approximate surface area is 78.9 Å². The molecule has 0 spiro atoms. The summed E-state index contributed by atoms with van der Waals surface area (Å²) in [6.45, 7) is 4.84. The Morgan fingerprint density at radius 1 is 1.62 bits per heavy atom. The number of nitrogens with one attached hydrogen (secondary N) is 1. The van der Waals surface area contributed by atoms with Crippen LogP contribution in [0.4, 0.5) is 0 Å². The second-order valence-electron chi connectivity index (χ2n) is 4.07. The van der Waals surface area contributed by atoms with E-state index in [9.17, 15) is 9.90 Å². The lowest BCUT2D eigenvalue weighted by atomic mass is 10.0. The average Bonchev–Trinajstić information content (AvgIpc) is 2.50. The highest BCUT2D eigenvalue weighted by Gasteiger charge is 2.33. The Morgan fingerprint density at radius 2 is 2.23 bits per heavy atom. The van der Waals surface area contributed by atoms with E-state index in [1.165, 1.54) is 0 Å². The number of carbonyl (C=O) groups is 1. The van der Waals surface area contributed by atoms with Crippen molar-refractivity contribution in [1.82, 2.24) is 10.2 Å². The molecule has 1 unspecified atom stereocenters. The summed E-state index contributed by atoms with van der Waals surface area (Å²) in [4.78, 5) is 13.5. The molecular formula is C9H18N2O2. The minimum absolute atomic E-state index is 0.0616. The molecule has 0 aromatic heterocycles. The van der Waals surface area contributed by atoms with Gasteiger partial charge in [-0.1, -0.05) is 0 Å². The van der Waals surface area contributed by atoms with Crippen LogP contribution in [0, 0.1) is 0 Å². The summed E-state index contributed by atoms with van der Waals surface area (Å²) in [5.41, 5.74) is -0.524. The number of likely N-dealkylation sites (N-methyl/N-ethyl adjacent to an activating group) is 1. The fourth-order valence-electron chi connectivity index (χ4n) is 1.43. The number of carbonyl (C=O) groups excluding carboxylic acids is 1. The number of amides is 1. The molecule has 1 saturated heterocycles. The van der Waals surface area contributed by atoms with Crippen molar-refractivity contribution in [2.45, 2.75) is 31.9 Å². The number of rotatable bonds is 2. The zero-order valence-electron chi connectivity index (χ0n) is 8.50. The van der Waals surface area contributed by atoms with Gasteiger partial charge in [-0.15, -0.1) is 0 Å². The molecule has 0 aromatic carbocycles. The largest absolute Gasteiger partial charge is 0.391 e. The summed E-state index contributed by atoms with van der Waals surface area (Å²) in [6.07, 6.45) is 0.363. The molecule has 1 fully saturated rings. The van der Waals surface area contributed by atoms with Crippen LogP contribution in [-0.2, 0) is 4.79 Å². The predicted molar refractivity (Wildman–Crippen MR) is 50.3 cm³/mol. The van der Waals surface area contributed by atoms with Crippen LogP contribution < -0.4 is 5.32 Å². The fraction of sp³-hybridized carbons (Fsp3) is 0.889. The molecule has 1 heterocycles. The van der Waals surface area contributed by atoms with Crippen molar-refractivity contribution in [3.05, 3.63) is 0 Å². The molecule has 0 radical (unpaired) electrons. The van der Waals surface area contributed by atoms with Gasteiger partial charge in [0.25, 0.3) is 0 Å². The number of aliphatic hydroxyl groups excluding tert-OH is 1. The molecule has 1 amide bonds. The summed E-state index contributed by atoms with van der Waals surface area (Å²) in [7, 11) is 1.77. The van der Waals surface area contributed by atoms with Crippen LogP contribution in [0.25, 0.3) is 0 Å². The summed E-state index contributed by atoms with van der Waals surface area (Å²) in [5, 5.41) is 12.2. The van der Waals surface area contributed by atoms with E-state index in [4.69, 9.17) is 0 Å². The summed E-state index contributed by atoms with van der Waals surface area (Å²) < 4.78 is 0. The molecule has 2 N–H and O–H groups in total. The van der Waals surface area contributed by atoms with E-state index in [1.54, 1.807) is 11.9 Å². The SMILES string of the molecule is CNC(C)(C)C(=O)N1CCC(O)C1. The van der Waals surface area contributed by atoms with Gasteiger partial charge in [-0.2, -0.15) is 0 Å². The van der Waals surface area contributed by atoms with E-state index in [0.29, 0.717) is 19.5 Å². The molecule has 1 atom stereocenters. The number of aliphatic hydroxyl groups is 1. The van der Waals surface area contributed by atoms with Crippen molar-refractivity contribution < 1.29 is 9.90 Å². The smallest absolute Gasteiger partial charge is 0.242 e. The minimum Gasteiger partial charge on any atom is -0.391 e. The Kier molecular flexibility index (Phi) is 2.93. The normalized spacial score (nSPS) is 23.7. The van der Waals surface area contributed by atoms with Crippen LogP contribution in [0.3, 0.4) is 0 Å². The lowest BCUT2D eigenvalue weighted by Gasteiger charge is -2.28. The first kappa shape index (κ1) is 10.5. The fourth-order valence-corrected chi connectivity index (χ4v) is 1.43. The molecule has 0 aromatic rings. The van der Waals surface area contributed by atoms with Gasteiger partial charge in [0.15, 0.2) is 0 Å². The Balaban J connectivity index is 2.58. The van der Waals surface area contributed by atoms with Crippen LogP contribution in [0.5, 0.6) is 0 Å². The zero-order valence-corrected chi connectivity index (χ0v) is 8.50. The summed E-state index contributed by atoms with van der Waals surface area (Å²) >= 11 is 0. The van der Waals surface area contributed by atoms with E-state index >= 15 is 0 Å². The van der Waals surface area contributed by atoms with E-state index in [2.05, 4.69) is 5.32 Å². The van der Waals surface area contributed by atoms with Crippen molar-refractivity contribution in [3.8, 4) is 0 Å². The van der Waals surface area contributed by atoms with Gasteiger partial charge in [0.2, 0.25) is 5.91 Å². The second-order valence-corrected chi connectivity index (χ2v) is 4.07. The quantitative estimate of drug-likeness (QED) is 0.615.